The molecule has 0 spiro atoms. The van der Waals surface area contributed by atoms with E-state index in [4.69, 9.17) is 9.47 Å². The molecule has 0 aliphatic heterocycles. The van der Waals surface area contributed by atoms with Gasteiger partial charge in [0.25, 0.3) is 0 Å². The van der Waals surface area contributed by atoms with Gasteiger partial charge < -0.3 is 14.0 Å². The SMILES string of the molecule is CCn1c(SCCOC)nnc1-c1cn(C)nc1OC. The largest absolute Gasteiger partial charge is 0.479 e. The van der Waals surface area contributed by atoms with Crippen molar-refractivity contribution in [3.63, 3.8) is 0 Å². The molecule has 0 atom stereocenters. The molecule has 8 heteroatoms. The number of nitrogens with zero attached hydrogens (tertiary/aromatic N) is 5. The van der Waals surface area contributed by atoms with Gasteiger partial charge in [0.2, 0.25) is 5.88 Å². The first-order valence-electron chi connectivity index (χ1n) is 6.34. The Morgan fingerprint density at radius 2 is 2.10 bits per heavy atom. The molecule has 2 aromatic heterocycles. The van der Waals surface area contributed by atoms with E-state index in [1.54, 1.807) is 30.7 Å². The summed E-state index contributed by atoms with van der Waals surface area (Å²) >= 11 is 1.63. The van der Waals surface area contributed by atoms with Gasteiger partial charge in [-0.1, -0.05) is 11.8 Å². The van der Waals surface area contributed by atoms with Crippen molar-refractivity contribution in [2.24, 2.45) is 7.05 Å². The van der Waals surface area contributed by atoms with E-state index in [1.807, 2.05) is 13.2 Å². The van der Waals surface area contributed by atoms with Gasteiger partial charge in [-0.2, -0.15) is 0 Å². The van der Waals surface area contributed by atoms with E-state index >= 15 is 0 Å². The molecule has 0 saturated heterocycles. The molecule has 20 heavy (non-hydrogen) atoms. The molecule has 0 unspecified atom stereocenters. The Morgan fingerprint density at radius 1 is 1.30 bits per heavy atom. The fourth-order valence-corrected chi connectivity index (χ4v) is 2.77. The third kappa shape index (κ3) is 2.96. The van der Waals surface area contributed by atoms with Crippen LogP contribution < -0.4 is 4.74 Å². The van der Waals surface area contributed by atoms with E-state index in [0.29, 0.717) is 12.5 Å². The minimum atomic E-state index is 0.558. The van der Waals surface area contributed by atoms with Gasteiger partial charge in [-0.15, -0.1) is 15.3 Å². The van der Waals surface area contributed by atoms with E-state index in [0.717, 1.165) is 28.8 Å². The van der Waals surface area contributed by atoms with Crippen molar-refractivity contribution >= 4 is 11.8 Å². The maximum absolute atomic E-state index is 5.29. The van der Waals surface area contributed by atoms with Crippen LogP contribution in [0.4, 0.5) is 0 Å². The summed E-state index contributed by atoms with van der Waals surface area (Å²) in [4.78, 5) is 0. The minimum Gasteiger partial charge on any atom is -0.479 e. The van der Waals surface area contributed by atoms with Gasteiger partial charge in [-0.3, -0.25) is 4.68 Å². The van der Waals surface area contributed by atoms with Crippen LogP contribution in [0.3, 0.4) is 0 Å². The van der Waals surface area contributed by atoms with Crippen LogP contribution in [0.15, 0.2) is 11.4 Å². The lowest BCUT2D eigenvalue weighted by molar-refractivity contribution is 0.218. The van der Waals surface area contributed by atoms with Crippen molar-refractivity contribution in [2.45, 2.75) is 18.6 Å². The van der Waals surface area contributed by atoms with Crippen molar-refractivity contribution in [3.8, 4) is 17.3 Å². The Bertz CT molecular complexity index is 566. The molecule has 0 N–H and O–H groups in total. The maximum Gasteiger partial charge on any atom is 0.243 e. The fraction of sp³-hybridized carbons (Fsp3) is 0.583. The van der Waals surface area contributed by atoms with Crippen molar-refractivity contribution in [2.75, 3.05) is 26.6 Å². The van der Waals surface area contributed by atoms with Gasteiger partial charge in [0.1, 0.15) is 5.56 Å². The number of aryl methyl sites for hydroxylation is 1. The average molecular weight is 297 g/mol. The Hall–Kier alpha value is -1.54. The number of hydrogen-bond acceptors (Lipinski definition) is 6. The lowest BCUT2D eigenvalue weighted by Gasteiger charge is -2.06. The molecule has 2 heterocycles. The monoisotopic (exact) mass is 297 g/mol. The molecule has 0 aliphatic rings. The predicted octanol–water partition coefficient (Wildman–Crippen LogP) is 1.45. The molecular weight excluding hydrogens is 278 g/mol. The maximum atomic E-state index is 5.29. The molecular formula is C12H19N5O2S. The number of ether oxygens (including phenoxy) is 2. The van der Waals surface area contributed by atoms with Crippen LogP contribution in [0.1, 0.15) is 6.92 Å². The van der Waals surface area contributed by atoms with Crippen molar-refractivity contribution in [3.05, 3.63) is 6.20 Å². The highest BCUT2D eigenvalue weighted by molar-refractivity contribution is 7.99. The predicted molar refractivity (Wildman–Crippen MR) is 77.1 cm³/mol. The van der Waals surface area contributed by atoms with Gasteiger partial charge in [0.05, 0.1) is 13.7 Å². The number of aromatic nitrogens is 5. The first-order chi connectivity index (χ1) is 9.71. The molecule has 110 valence electrons. The van der Waals surface area contributed by atoms with Gasteiger partial charge in [-0.05, 0) is 6.92 Å². The first-order valence-corrected chi connectivity index (χ1v) is 7.32. The third-order valence-electron chi connectivity index (χ3n) is 2.78. The Labute approximate surface area is 122 Å². The minimum absolute atomic E-state index is 0.558. The summed E-state index contributed by atoms with van der Waals surface area (Å²) in [7, 11) is 5.15. The van der Waals surface area contributed by atoms with Crippen LogP contribution in [0, 0.1) is 0 Å². The zero-order valence-corrected chi connectivity index (χ0v) is 13.0. The fourth-order valence-electron chi connectivity index (χ4n) is 1.87. The Kier molecular flexibility index (Phi) is 5.02. The molecule has 0 fully saturated rings. The van der Waals surface area contributed by atoms with Crippen LogP contribution >= 0.6 is 11.8 Å². The molecule has 0 aliphatic carbocycles. The lowest BCUT2D eigenvalue weighted by Crippen LogP contribution is -2.01. The zero-order valence-electron chi connectivity index (χ0n) is 12.2. The summed E-state index contributed by atoms with van der Waals surface area (Å²) in [5.74, 6) is 2.18. The summed E-state index contributed by atoms with van der Waals surface area (Å²) in [6.07, 6.45) is 1.89. The summed E-state index contributed by atoms with van der Waals surface area (Å²) in [6.45, 7) is 3.54. The second-order valence-electron chi connectivity index (χ2n) is 4.12. The second kappa shape index (κ2) is 6.76. The summed E-state index contributed by atoms with van der Waals surface area (Å²) in [5.41, 5.74) is 0.850. The summed E-state index contributed by atoms with van der Waals surface area (Å²) in [6, 6.07) is 0. The molecule has 0 saturated carbocycles. The van der Waals surface area contributed by atoms with Crippen LogP contribution in [0.2, 0.25) is 0 Å². The molecule has 0 radical (unpaired) electrons. The molecule has 2 aromatic rings. The normalized spacial score (nSPS) is 11.0. The van der Waals surface area contributed by atoms with Crippen LogP contribution in [0.5, 0.6) is 5.88 Å². The molecule has 7 nitrogen and oxygen atoms in total. The van der Waals surface area contributed by atoms with E-state index in [1.165, 1.54) is 0 Å². The quantitative estimate of drug-likeness (QED) is 0.569. The standard InChI is InChI=1S/C12H19N5O2S/c1-5-17-10(9-8-16(2)15-11(9)19-4)13-14-12(17)20-7-6-18-3/h8H,5-7H2,1-4H3. The van der Waals surface area contributed by atoms with Crippen molar-refractivity contribution in [1.82, 2.24) is 24.5 Å². The van der Waals surface area contributed by atoms with E-state index in [2.05, 4.69) is 26.8 Å². The van der Waals surface area contributed by atoms with E-state index < -0.39 is 0 Å². The van der Waals surface area contributed by atoms with Gasteiger partial charge >= 0.3 is 0 Å². The van der Waals surface area contributed by atoms with E-state index in [9.17, 15) is 0 Å². The highest BCUT2D eigenvalue weighted by Crippen LogP contribution is 2.29. The zero-order chi connectivity index (χ0) is 14.5. The Morgan fingerprint density at radius 3 is 2.75 bits per heavy atom. The van der Waals surface area contributed by atoms with Gasteiger partial charge in [-0.25, -0.2) is 0 Å². The molecule has 0 aromatic carbocycles. The topological polar surface area (TPSA) is 67.0 Å². The molecule has 2 rings (SSSR count). The third-order valence-corrected chi connectivity index (χ3v) is 3.71. The smallest absolute Gasteiger partial charge is 0.243 e. The number of thioether (sulfide) groups is 1. The van der Waals surface area contributed by atoms with Crippen LogP contribution in [-0.4, -0.2) is 51.1 Å². The summed E-state index contributed by atoms with van der Waals surface area (Å²) < 4.78 is 14.1. The molecule has 0 bridgehead atoms. The van der Waals surface area contributed by atoms with Gasteiger partial charge in [0.15, 0.2) is 11.0 Å². The van der Waals surface area contributed by atoms with Crippen LogP contribution in [0.25, 0.3) is 11.4 Å². The first kappa shape index (κ1) is 14.9. The number of methoxy groups -OCH3 is 2. The number of rotatable bonds is 7. The highest BCUT2D eigenvalue weighted by atomic mass is 32.2. The summed E-state index contributed by atoms with van der Waals surface area (Å²) in [5, 5.41) is 13.7. The second-order valence-corrected chi connectivity index (χ2v) is 5.18. The van der Waals surface area contributed by atoms with Crippen LogP contribution in [-0.2, 0) is 18.3 Å². The molecule has 0 amide bonds. The lowest BCUT2D eigenvalue weighted by atomic mass is 10.3. The van der Waals surface area contributed by atoms with E-state index in [-0.39, 0.29) is 0 Å². The van der Waals surface area contributed by atoms with Crippen molar-refractivity contribution < 1.29 is 9.47 Å². The van der Waals surface area contributed by atoms with Gasteiger partial charge in [0, 0.05) is 32.7 Å². The average Bonchev–Trinajstić information content (AvgIpc) is 3.01. The van der Waals surface area contributed by atoms with Crippen molar-refractivity contribution in [1.29, 1.82) is 0 Å². The highest BCUT2D eigenvalue weighted by Gasteiger charge is 2.19. The number of hydrogen-bond donors (Lipinski definition) is 0. The Balaban J connectivity index is 2.32.